The van der Waals surface area contributed by atoms with E-state index >= 15 is 0 Å². The molecule has 0 saturated carbocycles. The second-order valence-electron chi connectivity index (χ2n) is 7.53. The highest BCUT2D eigenvalue weighted by molar-refractivity contribution is 6.32. The van der Waals surface area contributed by atoms with E-state index in [1.54, 1.807) is 12.1 Å². The number of hydrogen-bond acceptors (Lipinski definition) is 4. The first-order valence-corrected chi connectivity index (χ1v) is 10.4. The number of para-hydroxylation sites is 1. The zero-order valence-electron chi connectivity index (χ0n) is 16.9. The molecule has 154 valence electrons. The van der Waals surface area contributed by atoms with Crippen molar-refractivity contribution in [2.24, 2.45) is 0 Å². The van der Waals surface area contributed by atoms with Gasteiger partial charge in [-0.15, -0.1) is 0 Å². The molecule has 30 heavy (non-hydrogen) atoms. The van der Waals surface area contributed by atoms with Crippen LogP contribution in [0.4, 0.5) is 0 Å². The van der Waals surface area contributed by atoms with Gasteiger partial charge in [0.1, 0.15) is 11.5 Å². The van der Waals surface area contributed by atoms with Gasteiger partial charge in [-0.1, -0.05) is 60.1 Å². The first-order valence-electron chi connectivity index (χ1n) is 10.0. The molecule has 4 nitrogen and oxygen atoms in total. The van der Waals surface area contributed by atoms with Crippen molar-refractivity contribution >= 4 is 17.6 Å². The lowest BCUT2D eigenvalue weighted by molar-refractivity contribution is -0.136. The van der Waals surface area contributed by atoms with Crippen LogP contribution < -0.4 is 9.47 Å². The average molecular weight is 422 g/mol. The first-order chi connectivity index (χ1) is 14.6. The molecule has 0 unspecified atom stereocenters. The molecule has 5 heteroatoms. The van der Waals surface area contributed by atoms with Gasteiger partial charge in [0, 0.05) is 19.0 Å². The van der Waals surface area contributed by atoms with E-state index in [-0.39, 0.29) is 12.5 Å². The van der Waals surface area contributed by atoms with Crippen LogP contribution in [0, 0.1) is 0 Å². The predicted molar refractivity (Wildman–Crippen MR) is 119 cm³/mol. The second-order valence-corrected chi connectivity index (χ2v) is 7.94. The van der Waals surface area contributed by atoms with Gasteiger partial charge in [-0.3, -0.25) is 0 Å². The molecule has 0 aliphatic carbocycles. The third-order valence-corrected chi connectivity index (χ3v) is 5.65. The Morgan fingerprint density at radius 3 is 2.50 bits per heavy atom. The van der Waals surface area contributed by atoms with Crippen LogP contribution in [0.25, 0.3) is 0 Å². The Bertz CT molecular complexity index is 1010. The van der Waals surface area contributed by atoms with Gasteiger partial charge in [-0.05, 0) is 54.4 Å². The van der Waals surface area contributed by atoms with E-state index in [0.29, 0.717) is 16.5 Å². The lowest BCUT2D eigenvalue weighted by Gasteiger charge is -2.22. The van der Waals surface area contributed by atoms with Crippen molar-refractivity contribution in [1.82, 2.24) is 4.90 Å². The van der Waals surface area contributed by atoms with Crippen LogP contribution in [0.1, 0.15) is 22.6 Å². The Morgan fingerprint density at radius 2 is 1.77 bits per heavy atom. The smallest absolute Gasteiger partial charge is 0.349 e. The summed E-state index contributed by atoms with van der Waals surface area (Å²) < 4.78 is 11.1. The van der Waals surface area contributed by atoms with E-state index in [2.05, 4.69) is 36.2 Å². The number of esters is 1. The number of carbonyl (C=O) groups is 1. The SMILES string of the molecule is CN1CCc2cc(Cl)c(OC(=O)COc3ccccc3)cc2[C@H](c2ccccc2)C1. The predicted octanol–water partition coefficient (Wildman–Crippen LogP) is 4.94. The van der Waals surface area contributed by atoms with Crippen LogP contribution in [0.5, 0.6) is 11.5 Å². The molecule has 0 bridgehead atoms. The highest BCUT2D eigenvalue weighted by atomic mass is 35.5. The second kappa shape index (κ2) is 9.33. The molecule has 1 aliphatic rings. The van der Waals surface area contributed by atoms with E-state index < -0.39 is 5.97 Å². The van der Waals surface area contributed by atoms with Gasteiger partial charge in [-0.25, -0.2) is 4.79 Å². The number of benzene rings is 3. The lowest BCUT2D eigenvalue weighted by atomic mass is 9.88. The molecule has 3 aromatic rings. The minimum absolute atomic E-state index is 0.178. The van der Waals surface area contributed by atoms with Gasteiger partial charge in [0.15, 0.2) is 6.61 Å². The molecule has 3 aromatic carbocycles. The lowest BCUT2D eigenvalue weighted by Crippen LogP contribution is -2.24. The summed E-state index contributed by atoms with van der Waals surface area (Å²) >= 11 is 6.47. The fraction of sp³-hybridized carbons (Fsp3) is 0.240. The minimum Gasteiger partial charge on any atom is -0.482 e. The molecule has 4 rings (SSSR count). The maximum atomic E-state index is 12.4. The van der Waals surface area contributed by atoms with Gasteiger partial charge in [0.25, 0.3) is 0 Å². The number of rotatable bonds is 5. The Balaban J connectivity index is 1.57. The van der Waals surface area contributed by atoms with Crippen molar-refractivity contribution < 1.29 is 14.3 Å². The zero-order chi connectivity index (χ0) is 20.9. The summed E-state index contributed by atoms with van der Waals surface area (Å²) in [7, 11) is 2.13. The van der Waals surface area contributed by atoms with E-state index in [4.69, 9.17) is 21.1 Å². The normalized spacial score (nSPS) is 16.4. The minimum atomic E-state index is -0.484. The van der Waals surface area contributed by atoms with Crippen LogP contribution in [0.3, 0.4) is 0 Å². The summed E-state index contributed by atoms with van der Waals surface area (Å²) in [6.07, 6.45) is 0.903. The van der Waals surface area contributed by atoms with E-state index in [1.807, 2.05) is 36.4 Å². The third-order valence-electron chi connectivity index (χ3n) is 5.35. The molecular formula is C25H24ClNO3. The molecule has 0 amide bonds. The van der Waals surface area contributed by atoms with Crippen molar-refractivity contribution in [1.29, 1.82) is 0 Å². The third kappa shape index (κ3) is 4.84. The topological polar surface area (TPSA) is 38.8 Å². The number of likely N-dealkylation sites (N-methyl/N-ethyl adjacent to an activating group) is 1. The molecule has 0 radical (unpaired) electrons. The number of carbonyl (C=O) groups excluding carboxylic acids is 1. The molecule has 0 spiro atoms. The largest absolute Gasteiger partial charge is 0.482 e. The van der Waals surface area contributed by atoms with Crippen molar-refractivity contribution in [3.63, 3.8) is 0 Å². The molecule has 0 aromatic heterocycles. The summed E-state index contributed by atoms with van der Waals surface area (Å²) in [6.45, 7) is 1.67. The average Bonchev–Trinajstić information content (AvgIpc) is 2.93. The Labute approximate surface area is 182 Å². The van der Waals surface area contributed by atoms with Crippen molar-refractivity contribution in [3.05, 3.63) is 94.5 Å². The van der Waals surface area contributed by atoms with Crippen LogP contribution in [0.2, 0.25) is 5.02 Å². The highest BCUT2D eigenvalue weighted by Gasteiger charge is 2.25. The number of halogens is 1. The number of nitrogens with zero attached hydrogens (tertiary/aromatic N) is 1. The quantitative estimate of drug-likeness (QED) is 0.432. The number of ether oxygens (including phenoxy) is 2. The highest BCUT2D eigenvalue weighted by Crippen LogP contribution is 2.37. The van der Waals surface area contributed by atoms with Crippen LogP contribution in [0.15, 0.2) is 72.8 Å². The molecule has 0 fully saturated rings. The van der Waals surface area contributed by atoms with Gasteiger partial charge in [0.2, 0.25) is 0 Å². The Morgan fingerprint density at radius 1 is 1.07 bits per heavy atom. The van der Waals surface area contributed by atoms with Gasteiger partial charge < -0.3 is 14.4 Å². The maximum absolute atomic E-state index is 12.4. The van der Waals surface area contributed by atoms with Gasteiger partial charge in [0.05, 0.1) is 5.02 Å². The Kier molecular flexibility index (Phi) is 6.36. The van der Waals surface area contributed by atoms with Crippen LogP contribution in [-0.2, 0) is 11.2 Å². The fourth-order valence-electron chi connectivity index (χ4n) is 3.82. The monoisotopic (exact) mass is 421 g/mol. The molecule has 1 atom stereocenters. The molecule has 1 heterocycles. The zero-order valence-corrected chi connectivity index (χ0v) is 17.6. The standard InChI is InChI=1S/C25H24ClNO3/c1-27-13-12-19-14-23(26)24(30-25(28)17-29-20-10-6-3-7-11-20)15-21(19)22(16-27)18-8-4-2-5-9-18/h2-11,14-15,22H,12-13,16-17H2,1H3/t22-/m0/s1. The summed E-state index contributed by atoms with van der Waals surface area (Å²) in [5, 5.41) is 0.443. The molecular weight excluding hydrogens is 398 g/mol. The summed E-state index contributed by atoms with van der Waals surface area (Å²) in [6, 6.07) is 23.5. The van der Waals surface area contributed by atoms with Crippen molar-refractivity contribution in [3.8, 4) is 11.5 Å². The van der Waals surface area contributed by atoms with Crippen LogP contribution in [-0.4, -0.2) is 37.6 Å². The first kappa shape index (κ1) is 20.5. The van der Waals surface area contributed by atoms with Crippen LogP contribution >= 0.6 is 11.6 Å². The van der Waals surface area contributed by atoms with Crippen molar-refractivity contribution in [2.45, 2.75) is 12.3 Å². The summed E-state index contributed by atoms with van der Waals surface area (Å²) in [5.74, 6) is 0.698. The van der Waals surface area contributed by atoms with E-state index in [9.17, 15) is 4.79 Å². The number of fused-ring (bicyclic) bond motifs is 1. The molecule has 0 saturated heterocycles. The molecule has 0 N–H and O–H groups in total. The molecule has 1 aliphatic heterocycles. The number of hydrogen-bond donors (Lipinski definition) is 0. The van der Waals surface area contributed by atoms with Gasteiger partial charge >= 0.3 is 5.97 Å². The van der Waals surface area contributed by atoms with E-state index in [1.165, 1.54) is 11.1 Å². The van der Waals surface area contributed by atoms with E-state index in [0.717, 1.165) is 25.1 Å². The fourth-order valence-corrected chi connectivity index (χ4v) is 4.05. The van der Waals surface area contributed by atoms with Gasteiger partial charge in [-0.2, -0.15) is 0 Å². The maximum Gasteiger partial charge on any atom is 0.349 e. The summed E-state index contributed by atoms with van der Waals surface area (Å²) in [5.41, 5.74) is 3.58. The Hall–Kier alpha value is -2.82. The summed E-state index contributed by atoms with van der Waals surface area (Å²) in [4.78, 5) is 14.7. The van der Waals surface area contributed by atoms with Crippen molar-refractivity contribution in [2.75, 3.05) is 26.7 Å².